The van der Waals surface area contributed by atoms with Gasteiger partial charge in [-0.1, -0.05) is 49.1 Å². The van der Waals surface area contributed by atoms with E-state index in [1.165, 1.54) is 7.11 Å². The first-order valence-corrected chi connectivity index (χ1v) is 10.8. The zero-order valence-corrected chi connectivity index (χ0v) is 19.6. The number of methoxy groups -OCH3 is 1. The van der Waals surface area contributed by atoms with Crippen LogP contribution in [0.5, 0.6) is 0 Å². The largest absolute Gasteiger partial charge is 0.467 e. The molecule has 2 aromatic carbocycles. The highest BCUT2D eigenvalue weighted by Gasteiger charge is 2.25. The average Bonchev–Trinajstić information content (AvgIpc) is 2.77. The lowest BCUT2D eigenvalue weighted by molar-refractivity contribution is -0.143. The SMILES string of the molecule is C=Cc1ccc(Cc2cccc(C[C@H](NC(=O)OC(C)(C)C)C(=O)OC)c2)c2cnccc12. The number of ether oxygens (including phenoxy) is 2. The smallest absolute Gasteiger partial charge is 0.408 e. The summed E-state index contributed by atoms with van der Waals surface area (Å²) in [6.45, 7) is 9.20. The van der Waals surface area contributed by atoms with Crippen molar-refractivity contribution < 1.29 is 19.1 Å². The molecule has 6 nitrogen and oxygen atoms in total. The van der Waals surface area contributed by atoms with Crippen LogP contribution in [0.1, 0.15) is 43.0 Å². The van der Waals surface area contributed by atoms with Crippen LogP contribution in [0.3, 0.4) is 0 Å². The molecule has 3 rings (SSSR count). The van der Waals surface area contributed by atoms with E-state index in [2.05, 4.69) is 29.0 Å². The second-order valence-electron chi connectivity index (χ2n) is 8.86. The highest BCUT2D eigenvalue weighted by molar-refractivity contribution is 5.92. The van der Waals surface area contributed by atoms with Gasteiger partial charge in [0.1, 0.15) is 11.6 Å². The van der Waals surface area contributed by atoms with Gasteiger partial charge in [-0.3, -0.25) is 4.98 Å². The highest BCUT2D eigenvalue weighted by atomic mass is 16.6. The number of nitrogens with zero attached hydrogens (tertiary/aromatic N) is 1. The molecule has 0 bridgehead atoms. The summed E-state index contributed by atoms with van der Waals surface area (Å²) in [5.74, 6) is -0.525. The molecule has 1 atom stereocenters. The molecule has 3 aromatic rings. The van der Waals surface area contributed by atoms with Gasteiger partial charge in [-0.25, -0.2) is 9.59 Å². The number of esters is 1. The van der Waals surface area contributed by atoms with E-state index in [-0.39, 0.29) is 6.42 Å². The van der Waals surface area contributed by atoms with Gasteiger partial charge in [0.2, 0.25) is 0 Å². The molecule has 0 fully saturated rings. The van der Waals surface area contributed by atoms with Crippen LogP contribution < -0.4 is 5.32 Å². The van der Waals surface area contributed by atoms with Crippen molar-refractivity contribution in [2.75, 3.05) is 7.11 Å². The van der Waals surface area contributed by atoms with Crippen molar-refractivity contribution in [3.05, 3.63) is 83.7 Å². The summed E-state index contributed by atoms with van der Waals surface area (Å²) in [5.41, 5.74) is 3.55. The minimum Gasteiger partial charge on any atom is -0.467 e. The van der Waals surface area contributed by atoms with Crippen LogP contribution in [0, 0.1) is 0 Å². The number of carbonyl (C=O) groups is 2. The Morgan fingerprint density at radius 2 is 1.88 bits per heavy atom. The molecule has 0 radical (unpaired) electrons. The summed E-state index contributed by atoms with van der Waals surface area (Å²) in [7, 11) is 1.30. The van der Waals surface area contributed by atoms with Crippen LogP contribution in [0.2, 0.25) is 0 Å². The van der Waals surface area contributed by atoms with Crippen LogP contribution in [0.25, 0.3) is 16.8 Å². The second kappa shape index (κ2) is 10.3. The van der Waals surface area contributed by atoms with Crippen molar-refractivity contribution in [2.45, 2.75) is 45.3 Å². The van der Waals surface area contributed by atoms with E-state index in [0.717, 1.165) is 33.0 Å². The molecule has 0 aliphatic rings. The van der Waals surface area contributed by atoms with E-state index < -0.39 is 23.7 Å². The number of hydrogen-bond donors (Lipinski definition) is 1. The topological polar surface area (TPSA) is 77.5 Å². The Kier molecular flexibility index (Phi) is 7.48. The van der Waals surface area contributed by atoms with E-state index in [9.17, 15) is 9.59 Å². The van der Waals surface area contributed by atoms with Crippen LogP contribution in [0.4, 0.5) is 4.79 Å². The van der Waals surface area contributed by atoms with Crippen molar-refractivity contribution in [1.82, 2.24) is 10.3 Å². The molecule has 0 unspecified atom stereocenters. The third-order valence-electron chi connectivity index (χ3n) is 5.16. The molecule has 0 aliphatic carbocycles. The van der Waals surface area contributed by atoms with Crippen LogP contribution in [-0.4, -0.2) is 35.8 Å². The Morgan fingerprint density at radius 1 is 1.12 bits per heavy atom. The number of benzene rings is 2. The fourth-order valence-electron chi connectivity index (χ4n) is 3.71. The lowest BCUT2D eigenvalue weighted by Gasteiger charge is -2.22. The lowest BCUT2D eigenvalue weighted by Crippen LogP contribution is -2.45. The standard InChI is InChI=1S/C27H30N2O4/c1-6-20-10-11-21(23-17-28-13-12-22(20)23)15-18-8-7-9-19(14-18)16-24(25(30)32-5)29-26(31)33-27(2,3)4/h6-14,17,24H,1,15-16H2,2-5H3,(H,29,31)/t24-/m0/s1. The van der Waals surface area contributed by atoms with Crippen molar-refractivity contribution >= 4 is 28.9 Å². The maximum atomic E-state index is 12.3. The normalized spacial score (nSPS) is 12.1. The van der Waals surface area contributed by atoms with E-state index in [4.69, 9.17) is 9.47 Å². The fourth-order valence-corrected chi connectivity index (χ4v) is 3.71. The molecule has 1 heterocycles. The number of pyridine rings is 1. The first-order chi connectivity index (χ1) is 15.7. The van der Waals surface area contributed by atoms with Crippen LogP contribution >= 0.6 is 0 Å². The number of carbonyl (C=O) groups excluding carboxylic acids is 2. The number of amides is 1. The van der Waals surface area contributed by atoms with Gasteiger partial charge in [-0.15, -0.1) is 0 Å². The Balaban J connectivity index is 1.81. The summed E-state index contributed by atoms with van der Waals surface area (Å²) in [6.07, 6.45) is 5.84. The predicted molar refractivity (Wildman–Crippen MR) is 130 cm³/mol. The van der Waals surface area contributed by atoms with Crippen molar-refractivity contribution in [2.24, 2.45) is 0 Å². The predicted octanol–water partition coefficient (Wildman–Crippen LogP) is 5.08. The molecule has 1 amide bonds. The molecule has 0 aliphatic heterocycles. The fraction of sp³-hybridized carbons (Fsp3) is 0.296. The maximum Gasteiger partial charge on any atom is 0.408 e. The number of nitrogens with one attached hydrogen (secondary N) is 1. The average molecular weight is 447 g/mol. The summed E-state index contributed by atoms with van der Waals surface area (Å²) >= 11 is 0. The number of rotatable bonds is 7. The minimum absolute atomic E-state index is 0.289. The van der Waals surface area contributed by atoms with Crippen molar-refractivity contribution in [3.63, 3.8) is 0 Å². The Hall–Kier alpha value is -3.67. The summed E-state index contributed by atoms with van der Waals surface area (Å²) < 4.78 is 10.2. The molecule has 33 heavy (non-hydrogen) atoms. The quantitative estimate of drug-likeness (QED) is 0.512. The molecular formula is C27H30N2O4. The zero-order valence-electron chi connectivity index (χ0n) is 19.6. The van der Waals surface area contributed by atoms with E-state index in [1.54, 1.807) is 27.0 Å². The molecule has 0 spiro atoms. The van der Waals surface area contributed by atoms with Gasteiger partial charge < -0.3 is 14.8 Å². The second-order valence-corrected chi connectivity index (χ2v) is 8.86. The molecule has 172 valence electrons. The Morgan fingerprint density at radius 3 is 2.58 bits per heavy atom. The van der Waals surface area contributed by atoms with Crippen LogP contribution in [-0.2, 0) is 27.1 Å². The molecule has 0 saturated heterocycles. The molecule has 6 heteroatoms. The van der Waals surface area contributed by atoms with Gasteiger partial charge in [-0.2, -0.15) is 0 Å². The minimum atomic E-state index is -0.850. The first-order valence-electron chi connectivity index (χ1n) is 10.8. The number of hydrogen-bond acceptors (Lipinski definition) is 5. The summed E-state index contributed by atoms with van der Waals surface area (Å²) in [5, 5.41) is 4.82. The van der Waals surface area contributed by atoms with Crippen molar-refractivity contribution in [1.29, 1.82) is 0 Å². The van der Waals surface area contributed by atoms with Crippen molar-refractivity contribution in [3.8, 4) is 0 Å². The Bertz CT molecular complexity index is 1160. The van der Waals surface area contributed by atoms with E-state index in [0.29, 0.717) is 6.42 Å². The maximum absolute atomic E-state index is 12.3. The van der Waals surface area contributed by atoms with Gasteiger partial charge >= 0.3 is 12.1 Å². The number of aromatic nitrogens is 1. The van der Waals surface area contributed by atoms with Gasteiger partial charge in [0, 0.05) is 24.2 Å². The van der Waals surface area contributed by atoms with Gasteiger partial charge in [-0.05, 0) is 60.9 Å². The lowest BCUT2D eigenvalue weighted by atomic mass is 9.95. The summed E-state index contributed by atoms with van der Waals surface area (Å²) in [6, 6.07) is 13.3. The summed E-state index contributed by atoms with van der Waals surface area (Å²) in [4.78, 5) is 28.8. The number of fused-ring (bicyclic) bond motifs is 1. The van der Waals surface area contributed by atoms with Gasteiger partial charge in [0.15, 0.2) is 0 Å². The van der Waals surface area contributed by atoms with Gasteiger partial charge in [0.25, 0.3) is 0 Å². The molecular weight excluding hydrogens is 416 g/mol. The third-order valence-corrected chi connectivity index (χ3v) is 5.16. The van der Waals surface area contributed by atoms with E-state index in [1.807, 2.05) is 42.6 Å². The third kappa shape index (κ3) is 6.42. The first kappa shape index (κ1) is 24.0. The van der Waals surface area contributed by atoms with Gasteiger partial charge in [0.05, 0.1) is 7.11 Å². The molecule has 1 N–H and O–H groups in total. The van der Waals surface area contributed by atoms with Crippen LogP contribution in [0.15, 0.2) is 61.4 Å². The Labute approximate surface area is 194 Å². The highest BCUT2D eigenvalue weighted by Crippen LogP contribution is 2.25. The molecule has 0 saturated carbocycles. The zero-order chi connectivity index (χ0) is 24.0. The number of alkyl carbamates (subject to hydrolysis) is 1. The molecule has 1 aromatic heterocycles. The monoisotopic (exact) mass is 446 g/mol. The van der Waals surface area contributed by atoms with E-state index >= 15 is 0 Å².